The van der Waals surface area contributed by atoms with Crippen LogP contribution < -0.4 is 5.73 Å². The second-order valence-corrected chi connectivity index (χ2v) is 4.34. The standard InChI is InChI=1S/C10H18N2O/c1-7-4-5-8(10(7,2)3)6-9(11)12-13/h4,8,13H,5-6H2,1-3H3,(H2,11,12)/t8-/m1/s1. The number of nitrogens with two attached hydrogens (primary N) is 1. The summed E-state index contributed by atoms with van der Waals surface area (Å²) in [5.74, 6) is 0.810. The molecule has 0 aromatic heterocycles. The average molecular weight is 182 g/mol. The largest absolute Gasteiger partial charge is 0.409 e. The van der Waals surface area contributed by atoms with E-state index in [2.05, 4.69) is 32.0 Å². The van der Waals surface area contributed by atoms with E-state index in [4.69, 9.17) is 10.9 Å². The molecule has 0 saturated carbocycles. The lowest BCUT2D eigenvalue weighted by molar-refractivity contribution is 0.287. The van der Waals surface area contributed by atoms with E-state index in [9.17, 15) is 0 Å². The number of hydrogen-bond acceptors (Lipinski definition) is 2. The van der Waals surface area contributed by atoms with Gasteiger partial charge in [-0.1, -0.05) is 30.7 Å². The van der Waals surface area contributed by atoms with Crippen molar-refractivity contribution in [3.05, 3.63) is 11.6 Å². The van der Waals surface area contributed by atoms with E-state index in [1.165, 1.54) is 5.57 Å². The molecule has 3 heteroatoms. The van der Waals surface area contributed by atoms with Crippen LogP contribution in [0.15, 0.2) is 16.8 Å². The summed E-state index contributed by atoms with van der Waals surface area (Å²) in [5.41, 5.74) is 7.09. The van der Waals surface area contributed by atoms with Crippen LogP contribution in [0, 0.1) is 11.3 Å². The molecular weight excluding hydrogens is 164 g/mol. The molecule has 0 aromatic carbocycles. The van der Waals surface area contributed by atoms with E-state index >= 15 is 0 Å². The fourth-order valence-electron chi connectivity index (χ4n) is 1.83. The molecule has 0 unspecified atom stereocenters. The molecule has 1 rings (SSSR count). The quantitative estimate of drug-likeness (QED) is 0.226. The third kappa shape index (κ3) is 1.85. The monoisotopic (exact) mass is 182 g/mol. The number of oxime groups is 1. The summed E-state index contributed by atoms with van der Waals surface area (Å²) in [4.78, 5) is 0. The van der Waals surface area contributed by atoms with Crippen molar-refractivity contribution in [1.29, 1.82) is 0 Å². The van der Waals surface area contributed by atoms with E-state index in [0.29, 0.717) is 18.2 Å². The van der Waals surface area contributed by atoms with Crippen molar-refractivity contribution in [3.63, 3.8) is 0 Å². The van der Waals surface area contributed by atoms with Gasteiger partial charge in [-0.15, -0.1) is 0 Å². The molecule has 1 aliphatic carbocycles. The van der Waals surface area contributed by atoms with Crippen LogP contribution in [0.5, 0.6) is 0 Å². The maximum absolute atomic E-state index is 8.48. The number of nitrogens with zero attached hydrogens (tertiary/aromatic N) is 1. The highest BCUT2D eigenvalue weighted by molar-refractivity contribution is 5.80. The van der Waals surface area contributed by atoms with Gasteiger partial charge in [-0.25, -0.2) is 0 Å². The summed E-state index contributed by atoms with van der Waals surface area (Å²) in [6, 6.07) is 0. The van der Waals surface area contributed by atoms with Gasteiger partial charge in [0.05, 0.1) is 0 Å². The lowest BCUT2D eigenvalue weighted by atomic mass is 9.76. The van der Waals surface area contributed by atoms with Crippen LogP contribution in [-0.4, -0.2) is 11.0 Å². The molecule has 0 aromatic rings. The molecule has 0 bridgehead atoms. The van der Waals surface area contributed by atoms with E-state index in [1.54, 1.807) is 0 Å². The molecule has 13 heavy (non-hydrogen) atoms. The fraction of sp³-hybridized carbons (Fsp3) is 0.700. The van der Waals surface area contributed by atoms with Gasteiger partial charge in [0.25, 0.3) is 0 Å². The topological polar surface area (TPSA) is 58.6 Å². The Bertz CT molecular complexity index is 254. The molecule has 0 spiro atoms. The zero-order valence-electron chi connectivity index (χ0n) is 8.54. The summed E-state index contributed by atoms with van der Waals surface area (Å²) >= 11 is 0. The minimum Gasteiger partial charge on any atom is -0.409 e. The highest BCUT2D eigenvalue weighted by Crippen LogP contribution is 2.44. The molecule has 0 radical (unpaired) electrons. The van der Waals surface area contributed by atoms with Gasteiger partial charge in [-0.2, -0.15) is 0 Å². The number of amidine groups is 1. The molecule has 0 heterocycles. The lowest BCUT2D eigenvalue weighted by Crippen LogP contribution is -2.26. The van der Waals surface area contributed by atoms with Gasteiger partial charge in [0, 0.05) is 6.42 Å². The van der Waals surface area contributed by atoms with Gasteiger partial charge < -0.3 is 10.9 Å². The Kier molecular flexibility index (Phi) is 2.64. The van der Waals surface area contributed by atoms with Crippen LogP contribution in [0.3, 0.4) is 0 Å². The highest BCUT2D eigenvalue weighted by atomic mass is 16.4. The van der Waals surface area contributed by atoms with Gasteiger partial charge in [0.1, 0.15) is 5.84 Å². The second-order valence-electron chi connectivity index (χ2n) is 4.34. The zero-order chi connectivity index (χ0) is 10.1. The first-order chi connectivity index (χ1) is 5.98. The van der Waals surface area contributed by atoms with Gasteiger partial charge in [-0.05, 0) is 24.7 Å². The maximum Gasteiger partial charge on any atom is 0.139 e. The van der Waals surface area contributed by atoms with Crippen molar-refractivity contribution in [2.75, 3.05) is 0 Å². The van der Waals surface area contributed by atoms with E-state index in [-0.39, 0.29) is 5.41 Å². The van der Waals surface area contributed by atoms with Gasteiger partial charge in [-0.3, -0.25) is 0 Å². The van der Waals surface area contributed by atoms with Crippen molar-refractivity contribution in [3.8, 4) is 0 Å². The van der Waals surface area contributed by atoms with Crippen LogP contribution >= 0.6 is 0 Å². The minimum absolute atomic E-state index is 0.190. The van der Waals surface area contributed by atoms with Crippen molar-refractivity contribution < 1.29 is 5.21 Å². The van der Waals surface area contributed by atoms with E-state index in [0.717, 1.165) is 6.42 Å². The smallest absolute Gasteiger partial charge is 0.139 e. The Labute approximate surface area is 79.3 Å². The first-order valence-electron chi connectivity index (χ1n) is 4.62. The number of rotatable bonds is 2. The van der Waals surface area contributed by atoms with Gasteiger partial charge in [0.15, 0.2) is 0 Å². The molecule has 1 aliphatic rings. The summed E-state index contributed by atoms with van der Waals surface area (Å²) in [6.07, 6.45) is 3.96. The van der Waals surface area contributed by atoms with Crippen LogP contribution in [-0.2, 0) is 0 Å². The Balaban J connectivity index is 2.66. The Morgan fingerprint density at radius 2 is 2.38 bits per heavy atom. The summed E-state index contributed by atoms with van der Waals surface area (Å²) in [7, 11) is 0. The highest BCUT2D eigenvalue weighted by Gasteiger charge is 2.35. The van der Waals surface area contributed by atoms with Crippen molar-refractivity contribution >= 4 is 5.84 Å². The van der Waals surface area contributed by atoms with Crippen molar-refractivity contribution in [2.24, 2.45) is 22.2 Å². The molecular formula is C10H18N2O. The van der Waals surface area contributed by atoms with E-state index in [1.807, 2.05) is 0 Å². The number of allylic oxidation sites excluding steroid dienone is 2. The van der Waals surface area contributed by atoms with Crippen molar-refractivity contribution in [2.45, 2.75) is 33.6 Å². The second kappa shape index (κ2) is 3.40. The molecule has 74 valence electrons. The van der Waals surface area contributed by atoms with E-state index < -0.39 is 0 Å². The summed E-state index contributed by atoms with van der Waals surface area (Å²) < 4.78 is 0. The minimum atomic E-state index is 0.190. The zero-order valence-corrected chi connectivity index (χ0v) is 8.54. The number of hydrogen-bond donors (Lipinski definition) is 2. The van der Waals surface area contributed by atoms with Crippen LogP contribution in [0.2, 0.25) is 0 Å². The maximum atomic E-state index is 8.48. The molecule has 0 fully saturated rings. The third-order valence-electron chi connectivity index (χ3n) is 3.33. The molecule has 0 saturated heterocycles. The SMILES string of the molecule is CC1=CC[C@H](C/C(N)=N/O)C1(C)C. The Hall–Kier alpha value is -0.990. The molecule has 3 N–H and O–H groups in total. The van der Waals surface area contributed by atoms with Crippen LogP contribution in [0.25, 0.3) is 0 Å². The third-order valence-corrected chi connectivity index (χ3v) is 3.33. The Morgan fingerprint density at radius 3 is 2.77 bits per heavy atom. The molecule has 1 atom stereocenters. The molecule has 0 aliphatic heterocycles. The van der Waals surface area contributed by atoms with Crippen molar-refractivity contribution in [1.82, 2.24) is 0 Å². The fourth-order valence-corrected chi connectivity index (χ4v) is 1.83. The van der Waals surface area contributed by atoms with Crippen LogP contribution in [0.4, 0.5) is 0 Å². The average Bonchev–Trinajstić information content (AvgIpc) is 2.31. The molecule has 0 amide bonds. The summed E-state index contributed by atoms with van der Waals surface area (Å²) in [6.45, 7) is 6.56. The van der Waals surface area contributed by atoms with Gasteiger partial charge >= 0.3 is 0 Å². The van der Waals surface area contributed by atoms with Gasteiger partial charge in [0.2, 0.25) is 0 Å². The molecule has 3 nitrogen and oxygen atoms in total. The van der Waals surface area contributed by atoms with Crippen LogP contribution in [0.1, 0.15) is 33.6 Å². The Morgan fingerprint density at radius 1 is 1.77 bits per heavy atom. The predicted octanol–water partition coefficient (Wildman–Crippen LogP) is 2.12. The predicted molar refractivity (Wildman–Crippen MR) is 53.7 cm³/mol. The lowest BCUT2D eigenvalue weighted by Gasteiger charge is -2.29. The first kappa shape index (κ1) is 10.1. The summed E-state index contributed by atoms with van der Waals surface area (Å²) in [5, 5.41) is 11.5. The first-order valence-corrected chi connectivity index (χ1v) is 4.62. The normalized spacial score (nSPS) is 27.5.